The first-order valence-corrected chi connectivity index (χ1v) is 13.2. The maximum absolute atomic E-state index is 6.93. The van der Waals surface area contributed by atoms with Crippen molar-refractivity contribution in [1.82, 2.24) is 4.90 Å². The number of hydrogen-bond acceptors (Lipinski definition) is 3. The third-order valence-electron chi connectivity index (χ3n) is 6.84. The summed E-state index contributed by atoms with van der Waals surface area (Å²) in [5.41, 5.74) is 3.42. The fraction of sp³-hybridized carbons (Fsp3) is 0.826. The van der Waals surface area contributed by atoms with E-state index in [1.165, 1.54) is 25.1 Å². The Balaban J connectivity index is 2.06. The molecule has 0 amide bonds. The number of likely N-dealkylation sites (tertiary alicyclic amines) is 1. The van der Waals surface area contributed by atoms with Crippen LogP contribution in [0.25, 0.3) is 0 Å². The molecule has 0 unspecified atom stereocenters. The van der Waals surface area contributed by atoms with Crippen molar-refractivity contribution in [3.63, 3.8) is 0 Å². The van der Waals surface area contributed by atoms with E-state index in [9.17, 15) is 0 Å². The van der Waals surface area contributed by atoms with Crippen molar-refractivity contribution in [3.8, 4) is 0 Å². The van der Waals surface area contributed by atoms with Gasteiger partial charge in [-0.15, -0.1) is 0 Å². The van der Waals surface area contributed by atoms with E-state index in [0.717, 1.165) is 19.6 Å². The lowest BCUT2D eigenvalue weighted by Crippen LogP contribution is -2.47. The molecule has 156 valence electrons. The summed E-state index contributed by atoms with van der Waals surface area (Å²) in [6, 6.07) is 0.590. The van der Waals surface area contributed by atoms with Crippen LogP contribution in [0.5, 0.6) is 0 Å². The maximum atomic E-state index is 6.93. The molecule has 0 N–H and O–H groups in total. The molecule has 0 aromatic carbocycles. The van der Waals surface area contributed by atoms with Crippen molar-refractivity contribution in [2.75, 3.05) is 26.8 Å². The molecule has 0 bridgehead atoms. The molecule has 1 aliphatic carbocycles. The second kappa shape index (κ2) is 9.75. The summed E-state index contributed by atoms with van der Waals surface area (Å²) in [5, 5.41) is 0. The minimum Gasteiger partial charge on any atom is -0.546 e. The van der Waals surface area contributed by atoms with E-state index in [1.54, 1.807) is 5.57 Å². The Kier molecular flexibility index (Phi) is 8.20. The number of methoxy groups -OCH3 is 1. The molecule has 1 fully saturated rings. The van der Waals surface area contributed by atoms with Crippen molar-refractivity contribution in [3.05, 3.63) is 23.5 Å². The molecule has 3 nitrogen and oxygen atoms in total. The molecule has 2 rings (SSSR count). The third-order valence-corrected chi connectivity index (χ3v) is 12.9. The first-order chi connectivity index (χ1) is 12.7. The van der Waals surface area contributed by atoms with Crippen LogP contribution in [0.3, 0.4) is 0 Å². The van der Waals surface area contributed by atoms with E-state index in [4.69, 9.17) is 9.16 Å². The predicted octanol–water partition coefficient (Wildman–Crippen LogP) is 6.14. The molecule has 0 aromatic rings. The SMILES string of the molecule is COC[C@@H]1CCCN1CC1=CCC(O[Si](C(C)C)(C(C)C)C(C)C)=C[C@@H]1C. The van der Waals surface area contributed by atoms with Crippen LogP contribution in [-0.2, 0) is 9.16 Å². The summed E-state index contributed by atoms with van der Waals surface area (Å²) in [4.78, 5) is 2.61. The summed E-state index contributed by atoms with van der Waals surface area (Å²) >= 11 is 0. The van der Waals surface area contributed by atoms with Gasteiger partial charge in [0, 0.05) is 26.1 Å². The Morgan fingerprint density at radius 1 is 1.11 bits per heavy atom. The van der Waals surface area contributed by atoms with Gasteiger partial charge >= 0.3 is 0 Å². The van der Waals surface area contributed by atoms with E-state index in [1.807, 2.05) is 7.11 Å². The molecule has 0 spiro atoms. The standard InChI is InChI=1S/C23H43NO2Si/c1-17(2)27(18(3)4,19(5)6)26-23-12-11-21(20(7)14-23)15-24-13-9-10-22(24)16-25-8/h11,14,17-20,22H,9-10,12-13,15-16H2,1-8H3/t20-,22-/m0/s1. The van der Waals surface area contributed by atoms with Gasteiger partial charge in [-0.25, -0.2) is 0 Å². The molecular formula is C23H43NO2Si. The summed E-state index contributed by atoms with van der Waals surface area (Å²) in [5.74, 6) is 1.69. The van der Waals surface area contributed by atoms with E-state index in [0.29, 0.717) is 28.6 Å². The van der Waals surface area contributed by atoms with Crippen LogP contribution in [-0.4, -0.2) is 46.1 Å². The molecule has 4 heteroatoms. The van der Waals surface area contributed by atoms with Gasteiger partial charge in [-0.3, -0.25) is 4.90 Å². The summed E-state index contributed by atoms with van der Waals surface area (Å²) in [7, 11) is -0.0295. The van der Waals surface area contributed by atoms with E-state index >= 15 is 0 Å². The molecule has 27 heavy (non-hydrogen) atoms. The first-order valence-electron chi connectivity index (χ1n) is 11.0. The fourth-order valence-electron chi connectivity index (χ4n) is 5.46. The summed E-state index contributed by atoms with van der Waals surface area (Å²) in [6.07, 6.45) is 8.38. The van der Waals surface area contributed by atoms with Crippen LogP contribution in [0.15, 0.2) is 23.5 Å². The summed E-state index contributed by atoms with van der Waals surface area (Å²) < 4.78 is 12.4. The minimum atomic E-state index is -1.85. The first kappa shape index (κ1) is 22.7. The Morgan fingerprint density at radius 3 is 2.26 bits per heavy atom. The van der Waals surface area contributed by atoms with Gasteiger partial charge in [0.15, 0.2) is 0 Å². The average molecular weight is 394 g/mol. The largest absolute Gasteiger partial charge is 0.546 e. The zero-order valence-electron chi connectivity index (χ0n) is 19.0. The maximum Gasteiger partial charge on any atom is 0.258 e. The van der Waals surface area contributed by atoms with Crippen LogP contribution in [0.1, 0.15) is 67.7 Å². The zero-order valence-corrected chi connectivity index (χ0v) is 20.0. The second-order valence-electron chi connectivity index (χ2n) is 9.55. The normalized spacial score (nSPS) is 24.7. The lowest BCUT2D eigenvalue weighted by atomic mass is 9.93. The molecule has 2 aliphatic rings. The monoisotopic (exact) mass is 393 g/mol. The van der Waals surface area contributed by atoms with Crippen molar-refractivity contribution < 1.29 is 9.16 Å². The molecular weight excluding hydrogens is 350 g/mol. The molecule has 0 radical (unpaired) electrons. The van der Waals surface area contributed by atoms with Crippen LogP contribution < -0.4 is 0 Å². The van der Waals surface area contributed by atoms with Crippen molar-refractivity contribution in [1.29, 1.82) is 0 Å². The highest BCUT2D eigenvalue weighted by atomic mass is 28.4. The fourth-order valence-corrected chi connectivity index (χ4v) is 10.8. The summed E-state index contributed by atoms with van der Waals surface area (Å²) in [6.45, 7) is 19.7. The van der Waals surface area contributed by atoms with Crippen molar-refractivity contribution in [2.45, 2.75) is 90.4 Å². The highest BCUT2D eigenvalue weighted by Gasteiger charge is 2.47. The van der Waals surface area contributed by atoms with Gasteiger partial charge in [-0.1, -0.05) is 60.1 Å². The van der Waals surface area contributed by atoms with Crippen molar-refractivity contribution in [2.24, 2.45) is 5.92 Å². The van der Waals surface area contributed by atoms with Gasteiger partial charge < -0.3 is 9.16 Å². The van der Waals surface area contributed by atoms with Gasteiger partial charge in [0.2, 0.25) is 0 Å². The second-order valence-corrected chi connectivity index (χ2v) is 14.9. The van der Waals surface area contributed by atoms with Gasteiger partial charge in [-0.05, 0) is 48.0 Å². The Morgan fingerprint density at radius 2 is 1.74 bits per heavy atom. The lowest BCUT2D eigenvalue weighted by Gasteiger charge is -2.43. The van der Waals surface area contributed by atoms with Crippen LogP contribution in [0.4, 0.5) is 0 Å². The minimum absolute atomic E-state index is 0.468. The third kappa shape index (κ3) is 5.07. The van der Waals surface area contributed by atoms with Gasteiger partial charge in [0.25, 0.3) is 8.32 Å². The quantitative estimate of drug-likeness (QED) is 0.347. The van der Waals surface area contributed by atoms with Gasteiger partial charge in [-0.2, -0.15) is 0 Å². The topological polar surface area (TPSA) is 21.7 Å². The van der Waals surface area contributed by atoms with E-state index < -0.39 is 8.32 Å². The lowest BCUT2D eigenvalue weighted by molar-refractivity contribution is 0.120. The molecule has 0 aromatic heterocycles. The van der Waals surface area contributed by atoms with E-state index in [-0.39, 0.29) is 0 Å². The number of ether oxygens (including phenoxy) is 1. The number of hydrogen-bond donors (Lipinski definition) is 0. The van der Waals surface area contributed by atoms with Crippen molar-refractivity contribution >= 4 is 8.32 Å². The Hall–Kier alpha value is -0.583. The Labute approximate surface area is 169 Å². The molecule has 0 saturated carbocycles. The van der Waals surface area contributed by atoms with E-state index in [2.05, 4.69) is 65.5 Å². The number of nitrogens with zero attached hydrogens (tertiary/aromatic N) is 1. The Bertz CT molecular complexity index is 517. The molecule has 1 saturated heterocycles. The number of rotatable bonds is 9. The van der Waals surface area contributed by atoms with Crippen LogP contribution in [0.2, 0.25) is 16.6 Å². The van der Waals surface area contributed by atoms with Crippen LogP contribution >= 0.6 is 0 Å². The van der Waals surface area contributed by atoms with Gasteiger partial charge in [0.05, 0.1) is 12.4 Å². The molecule has 1 heterocycles. The number of allylic oxidation sites excluding steroid dienone is 2. The highest BCUT2D eigenvalue weighted by molar-refractivity contribution is 6.77. The zero-order chi connectivity index (χ0) is 20.2. The van der Waals surface area contributed by atoms with Gasteiger partial charge in [0.1, 0.15) is 0 Å². The average Bonchev–Trinajstić information content (AvgIpc) is 3.01. The van der Waals surface area contributed by atoms with Crippen LogP contribution in [0, 0.1) is 5.92 Å². The predicted molar refractivity (Wildman–Crippen MR) is 119 cm³/mol. The smallest absolute Gasteiger partial charge is 0.258 e. The molecule has 2 atom stereocenters. The molecule has 1 aliphatic heterocycles. The highest BCUT2D eigenvalue weighted by Crippen LogP contribution is 2.44.